The highest BCUT2D eigenvalue weighted by molar-refractivity contribution is 4.20. The smallest absolute Gasteiger partial charge is 0.130 e. The minimum atomic E-state index is 0.911. The van der Waals surface area contributed by atoms with E-state index in [1.165, 1.54) is 0 Å². The number of hydrogen-bond acceptors (Lipinski definition) is 1. The molecule has 0 spiro atoms. The second-order valence-corrected chi connectivity index (χ2v) is 1.99. The first-order valence-electron chi connectivity index (χ1n) is 3.27. The lowest BCUT2D eigenvalue weighted by Gasteiger charge is -1.90. The predicted octanol–water partition coefficient (Wildman–Crippen LogP) is 1.85. The van der Waals surface area contributed by atoms with Gasteiger partial charge in [0.1, 0.15) is 0 Å². The monoisotopic (exact) mass is 115 g/mol. The molecule has 0 heterocycles. The molecule has 0 aliphatic heterocycles. The van der Waals surface area contributed by atoms with Gasteiger partial charge in [-0.2, -0.15) is 0 Å². The molecule has 0 radical (unpaired) electrons. The van der Waals surface area contributed by atoms with Crippen molar-refractivity contribution in [1.82, 2.24) is 0 Å². The summed E-state index contributed by atoms with van der Waals surface area (Å²) in [5.74, 6) is 0. The summed E-state index contributed by atoms with van der Waals surface area (Å²) >= 11 is 0. The van der Waals surface area contributed by atoms with E-state index in [0.29, 0.717) is 0 Å². The molecule has 0 aliphatic carbocycles. The number of nitrogens with one attached hydrogen (secondary N) is 1. The third-order valence-corrected chi connectivity index (χ3v) is 0.987. The third kappa shape index (κ3) is 3.78. The summed E-state index contributed by atoms with van der Waals surface area (Å²) in [5.41, 5.74) is 7.21. The van der Waals surface area contributed by atoms with Crippen LogP contribution in [0, 0.1) is 5.53 Å². The Labute approximate surface area is 51.0 Å². The highest BCUT2D eigenvalue weighted by atomic mass is 15.2. The molecule has 2 heteroatoms. The number of rotatable bonds is 4. The van der Waals surface area contributed by atoms with Crippen molar-refractivity contribution in [3.8, 4) is 0 Å². The number of nitrogens with zero attached hydrogens (tertiary/aromatic N) is 1. The van der Waals surface area contributed by atoms with Gasteiger partial charge < -0.3 is 0 Å². The SMILES string of the molecule is CCC[N+](=N)CCC. The summed E-state index contributed by atoms with van der Waals surface area (Å²) in [7, 11) is 0. The Balaban J connectivity index is 3.06. The molecular weight excluding hydrogens is 100 g/mol. The minimum Gasteiger partial charge on any atom is -0.130 e. The van der Waals surface area contributed by atoms with Gasteiger partial charge in [-0.1, -0.05) is 19.4 Å². The maximum Gasteiger partial charge on any atom is 0.167 e. The van der Waals surface area contributed by atoms with Gasteiger partial charge >= 0.3 is 0 Å². The largest absolute Gasteiger partial charge is 0.167 e. The third-order valence-electron chi connectivity index (χ3n) is 0.987. The highest BCUT2D eigenvalue weighted by Crippen LogP contribution is 1.81. The van der Waals surface area contributed by atoms with Crippen LogP contribution in [0.2, 0.25) is 0 Å². The van der Waals surface area contributed by atoms with Crippen LogP contribution in [0.15, 0.2) is 0 Å². The van der Waals surface area contributed by atoms with Gasteiger partial charge in [-0.15, -0.1) is 4.70 Å². The quantitative estimate of drug-likeness (QED) is 0.427. The van der Waals surface area contributed by atoms with Crippen LogP contribution in [-0.2, 0) is 0 Å². The molecule has 1 N–H and O–H groups in total. The van der Waals surface area contributed by atoms with Crippen LogP contribution in [-0.4, -0.2) is 17.8 Å². The fourth-order valence-electron chi connectivity index (χ4n) is 0.652. The molecule has 8 heavy (non-hydrogen) atoms. The van der Waals surface area contributed by atoms with Crippen molar-refractivity contribution in [2.45, 2.75) is 26.7 Å². The Kier molecular flexibility index (Phi) is 4.51. The van der Waals surface area contributed by atoms with Gasteiger partial charge in [-0.05, 0) is 0 Å². The van der Waals surface area contributed by atoms with E-state index in [0.717, 1.165) is 25.9 Å². The average molecular weight is 115 g/mol. The Bertz CT molecular complexity index is 60.9. The van der Waals surface area contributed by atoms with E-state index >= 15 is 0 Å². The van der Waals surface area contributed by atoms with E-state index in [2.05, 4.69) is 13.8 Å². The maximum atomic E-state index is 7.21. The lowest BCUT2D eigenvalue weighted by atomic mass is 10.4. The molecule has 0 bridgehead atoms. The fourth-order valence-corrected chi connectivity index (χ4v) is 0.652. The molecule has 0 aromatic rings. The first kappa shape index (κ1) is 7.60. The molecule has 0 fully saturated rings. The normalized spacial score (nSPS) is 9.25. The van der Waals surface area contributed by atoms with Crippen molar-refractivity contribution >= 4 is 0 Å². The van der Waals surface area contributed by atoms with Gasteiger partial charge in [0, 0.05) is 12.8 Å². The standard InChI is InChI=1S/C6H15N2/c1-3-5-8(7)6-4-2/h7H,3-6H2,1-2H3/q+1. The topological polar surface area (TPSA) is 26.9 Å². The van der Waals surface area contributed by atoms with Gasteiger partial charge in [-0.25, -0.2) is 0 Å². The zero-order valence-corrected chi connectivity index (χ0v) is 5.78. The first-order valence-corrected chi connectivity index (χ1v) is 3.27. The lowest BCUT2D eigenvalue weighted by Crippen LogP contribution is -2.08. The second kappa shape index (κ2) is 4.75. The van der Waals surface area contributed by atoms with Crippen LogP contribution in [0.4, 0.5) is 0 Å². The first-order chi connectivity index (χ1) is 3.81. The van der Waals surface area contributed by atoms with Crippen molar-refractivity contribution in [3.05, 3.63) is 0 Å². The van der Waals surface area contributed by atoms with Crippen LogP contribution >= 0.6 is 0 Å². The fraction of sp³-hybridized carbons (Fsp3) is 1.00. The molecule has 2 nitrogen and oxygen atoms in total. The molecule has 0 aromatic heterocycles. The Morgan fingerprint density at radius 3 is 1.75 bits per heavy atom. The maximum absolute atomic E-state index is 7.21. The van der Waals surface area contributed by atoms with Crippen molar-refractivity contribution in [1.29, 1.82) is 5.53 Å². The van der Waals surface area contributed by atoms with Gasteiger partial charge in [0.2, 0.25) is 0 Å². The second-order valence-electron chi connectivity index (χ2n) is 1.99. The van der Waals surface area contributed by atoms with E-state index in [9.17, 15) is 0 Å². The van der Waals surface area contributed by atoms with Gasteiger partial charge in [0.05, 0.1) is 0 Å². The molecule has 0 aliphatic rings. The summed E-state index contributed by atoms with van der Waals surface area (Å²) in [5, 5.41) is 0. The average Bonchev–Trinajstić information content (AvgIpc) is 1.68. The van der Waals surface area contributed by atoms with Crippen molar-refractivity contribution in [2.75, 3.05) is 13.1 Å². The van der Waals surface area contributed by atoms with Gasteiger partial charge in [-0.3, -0.25) is 0 Å². The van der Waals surface area contributed by atoms with Crippen molar-refractivity contribution < 1.29 is 4.70 Å². The Morgan fingerprint density at radius 1 is 1.12 bits per heavy atom. The molecule has 0 amide bonds. The zero-order chi connectivity index (χ0) is 6.41. The summed E-state index contributed by atoms with van der Waals surface area (Å²) in [6.07, 6.45) is 2.17. The molecular formula is C6H15N2+. The van der Waals surface area contributed by atoms with Crippen LogP contribution in [0.1, 0.15) is 26.7 Å². The van der Waals surface area contributed by atoms with Crippen LogP contribution < -0.4 is 0 Å². The molecule has 0 aromatic carbocycles. The van der Waals surface area contributed by atoms with Crippen molar-refractivity contribution in [3.63, 3.8) is 0 Å². The lowest BCUT2D eigenvalue weighted by molar-refractivity contribution is -0.614. The minimum absolute atomic E-state index is 0.911. The summed E-state index contributed by atoms with van der Waals surface area (Å²) in [6, 6.07) is 0. The summed E-state index contributed by atoms with van der Waals surface area (Å²) in [6.45, 7) is 6.01. The van der Waals surface area contributed by atoms with Crippen LogP contribution in [0.3, 0.4) is 0 Å². The predicted molar refractivity (Wildman–Crippen MR) is 33.3 cm³/mol. The van der Waals surface area contributed by atoms with E-state index in [1.807, 2.05) is 0 Å². The summed E-state index contributed by atoms with van der Waals surface area (Å²) < 4.78 is 1.61. The van der Waals surface area contributed by atoms with Gasteiger partial charge in [0.25, 0.3) is 0 Å². The van der Waals surface area contributed by atoms with E-state index in [4.69, 9.17) is 5.53 Å². The Morgan fingerprint density at radius 2 is 1.50 bits per heavy atom. The van der Waals surface area contributed by atoms with E-state index in [1.54, 1.807) is 4.70 Å². The van der Waals surface area contributed by atoms with E-state index in [-0.39, 0.29) is 0 Å². The Hall–Kier alpha value is -0.400. The highest BCUT2D eigenvalue weighted by Gasteiger charge is 1.95. The van der Waals surface area contributed by atoms with Crippen LogP contribution in [0.25, 0.3) is 0 Å². The number of hydrogen-bond donors (Lipinski definition) is 1. The molecule has 0 rings (SSSR count). The van der Waals surface area contributed by atoms with E-state index < -0.39 is 0 Å². The van der Waals surface area contributed by atoms with Crippen LogP contribution in [0.5, 0.6) is 0 Å². The molecule has 0 saturated carbocycles. The molecule has 48 valence electrons. The summed E-state index contributed by atoms with van der Waals surface area (Å²) in [4.78, 5) is 0. The van der Waals surface area contributed by atoms with Crippen molar-refractivity contribution in [2.24, 2.45) is 0 Å². The van der Waals surface area contributed by atoms with Gasteiger partial charge in [0.15, 0.2) is 13.1 Å². The molecule has 0 atom stereocenters. The molecule has 0 unspecified atom stereocenters. The molecule has 0 saturated heterocycles. The zero-order valence-electron chi connectivity index (χ0n) is 5.78.